The smallest absolute Gasteiger partial charge is 0.262 e. The van der Waals surface area contributed by atoms with Crippen molar-refractivity contribution in [3.05, 3.63) is 74.9 Å². The van der Waals surface area contributed by atoms with Gasteiger partial charge in [-0.1, -0.05) is 29.3 Å². The lowest BCUT2D eigenvalue weighted by Crippen LogP contribution is -2.22. The van der Waals surface area contributed by atoms with Gasteiger partial charge in [-0.15, -0.1) is 4.37 Å². The minimum absolute atomic E-state index is 0.224. The Morgan fingerprint density at radius 3 is 2.80 bits per heavy atom. The maximum absolute atomic E-state index is 12.9. The van der Waals surface area contributed by atoms with Crippen LogP contribution in [0.25, 0.3) is 10.9 Å². The number of benzene rings is 2. The van der Waals surface area contributed by atoms with Crippen LogP contribution in [0.3, 0.4) is 0 Å². The number of aromatic nitrogens is 4. The lowest BCUT2D eigenvalue weighted by atomic mass is 10.2. The number of carbonyl (C=O) groups excluding carboxylic acids is 1. The first-order valence-electron chi connectivity index (χ1n) is 8.63. The van der Waals surface area contributed by atoms with Crippen molar-refractivity contribution in [2.45, 2.75) is 6.54 Å². The molecule has 2 aromatic heterocycles. The van der Waals surface area contributed by atoms with Gasteiger partial charge in [-0.25, -0.2) is 4.98 Å². The zero-order valence-corrected chi connectivity index (χ0v) is 17.5. The first kappa shape index (κ1) is 20.3. The number of anilines is 1. The highest BCUT2D eigenvalue weighted by Crippen LogP contribution is 2.23. The van der Waals surface area contributed by atoms with Crippen molar-refractivity contribution >= 4 is 57.4 Å². The number of rotatable bonds is 6. The summed E-state index contributed by atoms with van der Waals surface area (Å²) in [6.07, 6.45) is 2.90. The Hall–Kier alpha value is -3.01. The van der Waals surface area contributed by atoms with Crippen LogP contribution in [0.15, 0.2) is 53.7 Å². The summed E-state index contributed by atoms with van der Waals surface area (Å²) in [6, 6.07) is 10.1. The van der Waals surface area contributed by atoms with Crippen LogP contribution in [0.4, 0.5) is 5.69 Å². The first-order chi connectivity index (χ1) is 14.5. The number of nitrogens with one attached hydrogen (secondary N) is 1. The molecule has 2 heterocycles. The van der Waals surface area contributed by atoms with E-state index in [1.165, 1.54) is 17.1 Å². The Morgan fingerprint density at radius 2 is 2.03 bits per heavy atom. The van der Waals surface area contributed by atoms with Crippen molar-refractivity contribution in [1.29, 1.82) is 0 Å². The summed E-state index contributed by atoms with van der Waals surface area (Å²) < 4.78 is 14.3. The van der Waals surface area contributed by atoms with Crippen molar-refractivity contribution in [2.75, 3.05) is 11.9 Å². The second-order valence-electron chi connectivity index (χ2n) is 6.24. The second-order valence-corrected chi connectivity index (χ2v) is 7.61. The summed E-state index contributed by atoms with van der Waals surface area (Å²) >= 11 is 13.0. The van der Waals surface area contributed by atoms with Crippen molar-refractivity contribution in [3.8, 4) is 5.88 Å². The van der Waals surface area contributed by atoms with E-state index < -0.39 is 0 Å². The van der Waals surface area contributed by atoms with Crippen LogP contribution in [0.2, 0.25) is 10.0 Å². The van der Waals surface area contributed by atoms with Gasteiger partial charge in [0.05, 0.1) is 45.5 Å². The molecule has 152 valence electrons. The van der Waals surface area contributed by atoms with Crippen LogP contribution in [-0.2, 0) is 11.3 Å². The lowest BCUT2D eigenvalue weighted by Gasteiger charge is -2.09. The third kappa shape index (κ3) is 4.59. The van der Waals surface area contributed by atoms with E-state index in [1.807, 2.05) is 0 Å². The van der Waals surface area contributed by atoms with E-state index in [4.69, 9.17) is 27.9 Å². The molecule has 11 heteroatoms. The van der Waals surface area contributed by atoms with E-state index in [1.54, 1.807) is 36.4 Å². The van der Waals surface area contributed by atoms with Crippen LogP contribution in [0.1, 0.15) is 5.56 Å². The van der Waals surface area contributed by atoms with Gasteiger partial charge >= 0.3 is 0 Å². The quantitative estimate of drug-likeness (QED) is 0.470. The number of halogens is 2. The van der Waals surface area contributed by atoms with E-state index in [-0.39, 0.29) is 30.5 Å². The van der Waals surface area contributed by atoms with Gasteiger partial charge in [-0.3, -0.25) is 14.2 Å². The third-order valence-corrected chi connectivity index (χ3v) is 5.34. The molecule has 0 unspecified atom stereocenters. The van der Waals surface area contributed by atoms with Crippen LogP contribution in [0.5, 0.6) is 5.88 Å². The second kappa shape index (κ2) is 8.78. The summed E-state index contributed by atoms with van der Waals surface area (Å²) in [6.45, 7) is 0.0583. The molecule has 4 aromatic rings. The number of hydrogen-bond donors (Lipinski definition) is 1. The molecule has 8 nitrogen and oxygen atoms in total. The van der Waals surface area contributed by atoms with E-state index in [9.17, 15) is 9.59 Å². The summed E-state index contributed by atoms with van der Waals surface area (Å²) in [4.78, 5) is 29.3. The normalized spacial score (nSPS) is 10.9. The van der Waals surface area contributed by atoms with Crippen LogP contribution in [0, 0.1) is 0 Å². The van der Waals surface area contributed by atoms with Gasteiger partial charge in [0.15, 0.2) is 6.61 Å². The topological polar surface area (TPSA) is 99.0 Å². The number of nitrogens with zero attached hydrogens (tertiary/aromatic N) is 4. The number of ether oxygens (including phenoxy) is 1. The van der Waals surface area contributed by atoms with Gasteiger partial charge in [0, 0.05) is 5.69 Å². The average molecular weight is 462 g/mol. The molecule has 30 heavy (non-hydrogen) atoms. The van der Waals surface area contributed by atoms with Gasteiger partial charge in [-0.05, 0) is 35.9 Å². The molecule has 0 radical (unpaired) electrons. The van der Waals surface area contributed by atoms with E-state index in [0.717, 1.165) is 17.3 Å². The zero-order valence-electron chi connectivity index (χ0n) is 15.2. The largest absolute Gasteiger partial charge is 0.466 e. The van der Waals surface area contributed by atoms with Crippen LogP contribution < -0.4 is 15.6 Å². The van der Waals surface area contributed by atoms with Crippen molar-refractivity contribution in [2.24, 2.45) is 0 Å². The van der Waals surface area contributed by atoms with Gasteiger partial charge in [0.2, 0.25) is 5.88 Å². The van der Waals surface area contributed by atoms with Gasteiger partial charge in [0.25, 0.3) is 11.5 Å². The van der Waals surface area contributed by atoms with Crippen molar-refractivity contribution < 1.29 is 9.53 Å². The molecule has 0 bridgehead atoms. The van der Waals surface area contributed by atoms with Gasteiger partial charge in [0.1, 0.15) is 6.20 Å². The van der Waals surface area contributed by atoms with E-state index in [0.29, 0.717) is 26.6 Å². The molecule has 0 atom stereocenters. The Bertz CT molecular complexity index is 1280. The van der Waals surface area contributed by atoms with Gasteiger partial charge < -0.3 is 10.1 Å². The number of hydrogen-bond acceptors (Lipinski definition) is 7. The maximum atomic E-state index is 12.9. The molecule has 2 aromatic carbocycles. The monoisotopic (exact) mass is 461 g/mol. The molecule has 0 saturated carbocycles. The molecular formula is C19H13Cl2N5O3S. The molecule has 0 spiro atoms. The fourth-order valence-electron chi connectivity index (χ4n) is 2.74. The Labute approximate surface area is 184 Å². The van der Waals surface area contributed by atoms with E-state index in [2.05, 4.69) is 19.0 Å². The fourth-order valence-corrected chi connectivity index (χ4v) is 3.43. The SMILES string of the molecule is O=C(COc1cnsn1)Nc1ccc2ncn(Cc3ccc(Cl)c(Cl)c3)c(=O)c2c1. The molecule has 4 rings (SSSR count). The summed E-state index contributed by atoms with van der Waals surface area (Å²) in [5, 5.41) is 3.92. The molecular weight excluding hydrogens is 449 g/mol. The fraction of sp³-hybridized carbons (Fsp3) is 0.105. The number of fused-ring (bicyclic) bond motifs is 1. The first-order valence-corrected chi connectivity index (χ1v) is 10.1. The summed E-state index contributed by atoms with van der Waals surface area (Å²) in [5.74, 6) is -0.106. The van der Waals surface area contributed by atoms with E-state index >= 15 is 0 Å². The zero-order chi connectivity index (χ0) is 21.1. The van der Waals surface area contributed by atoms with Gasteiger partial charge in [-0.2, -0.15) is 4.37 Å². The van der Waals surface area contributed by atoms with Crippen LogP contribution in [-0.4, -0.2) is 30.8 Å². The van der Waals surface area contributed by atoms with Crippen molar-refractivity contribution in [1.82, 2.24) is 18.3 Å². The highest BCUT2D eigenvalue weighted by molar-refractivity contribution is 6.99. The van der Waals surface area contributed by atoms with Crippen LogP contribution >= 0.6 is 34.9 Å². The predicted molar refractivity (Wildman–Crippen MR) is 116 cm³/mol. The average Bonchev–Trinajstić information content (AvgIpc) is 3.25. The Morgan fingerprint density at radius 1 is 1.17 bits per heavy atom. The molecule has 1 N–H and O–H groups in total. The molecule has 0 fully saturated rings. The highest BCUT2D eigenvalue weighted by atomic mass is 35.5. The summed E-state index contributed by atoms with van der Waals surface area (Å²) in [7, 11) is 0. The molecule has 0 saturated heterocycles. The summed E-state index contributed by atoms with van der Waals surface area (Å²) in [5.41, 5.74) is 1.55. The third-order valence-electron chi connectivity index (χ3n) is 4.14. The standard InChI is InChI=1S/C19H13Cl2N5O3S/c20-14-3-1-11(5-15(14)21)8-26-10-22-16-4-2-12(6-13(16)19(26)28)24-17(27)9-29-18-7-23-30-25-18/h1-7,10H,8-9H2,(H,24,27). The minimum atomic E-state index is -0.387. The Kier molecular flexibility index (Phi) is 5.93. The molecule has 0 aliphatic carbocycles. The minimum Gasteiger partial charge on any atom is -0.466 e. The highest BCUT2D eigenvalue weighted by Gasteiger charge is 2.10. The predicted octanol–water partition coefficient (Wildman–Crippen LogP) is 3.62. The van der Waals surface area contributed by atoms with Crippen molar-refractivity contribution in [3.63, 3.8) is 0 Å². The molecule has 1 amide bonds. The number of carbonyl (C=O) groups is 1. The Balaban J connectivity index is 1.53. The number of amides is 1. The molecule has 0 aliphatic heterocycles. The maximum Gasteiger partial charge on any atom is 0.262 e. The lowest BCUT2D eigenvalue weighted by molar-refractivity contribution is -0.118. The molecule has 0 aliphatic rings.